The van der Waals surface area contributed by atoms with Crippen molar-refractivity contribution in [2.24, 2.45) is 0 Å². The molecule has 4 aromatic rings. The van der Waals surface area contributed by atoms with E-state index in [2.05, 4.69) is 20.1 Å². The summed E-state index contributed by atoms with van der Waals surface area (Å²) in [6.07, 6.45) is 0.510. The molecule has 1 amide bonds. The fraction of sp³-hybridized carbons (Fsp3) is 0.0952. The van der Waals surface area contributed by atoms with Gasteiger partial charge in [0, 0.05) is 17.5 Å². The van der Waals surface area contributed by atoms with Gasteiger partial charge < -0.3 is 5.32 Å². The van der Waals surface area contributed by atoms with Crippen LogP contribution in [0.1, 0.15) is 21.1 Å². The van der Waals surface area contributed by atoms with Crippen LogP contribution >= 0.6 is 22.7 Å². The lowest BCUT2D eigenvalue weighted by Crippen LogP contribution is -2.11. The number of rotatable bonds is 6. The third kappa shape index (κ3) is 4.54. The maximum atomic E-state index is 12.4. The molecule has 142 valence electrons. The van der Waals surface area contributed by atoms with E-state index in [9.17, 15) is 9.59 Å². The zero-order chi connectivity index (χ0) is 20.2. The van der Waals surface area contributed by atoms with E-state index in [1.54, 1.807) is 35.2 Å². The molecule has 6 nitrogen and oxygen atoms in total. The van der Waals surface area contributed by atoms with E-state index in [4.69, 9.17) is 6.57 Å². The van der Waals surface area contributed by atoms with Crippen molar-refractivity contribution in [2.45, 2.75) is 12.8 Å². The van der Waals surface area contributed by atoms with Crippen molar-refractivity contribution in [3.63, 3.8) is 0 Å². The highest BCUT2D eigenvalue weighted by atomic mass is 32.1. The topological polar surface area (TPSA) is 76.3 Å². The van der Waals surface area contributed by atoms with E-state index in [1.807, 2.05) is 18.2 Å². The molecule has 0 saturated heterocycles. The second-order valence-corrected chi connectivity index (χ2v) is 8.13. The van der Waals surface area contributed by atoms with Crippen LogP contribution in [0, 0.1) is 6.57 Å². The second kappa shape index (κ2) is 8.31. The number of nitrogens with zero attached hydrogens (tertiary/aromatic N) is 3. The fourth-order valence-corrected chi connectivity index (χ4v) is 4.41. The van der Waals surface area contributed by atoms with Crippen molar-refractivity contribution >= 4 is 56.0 Å². The van der Waals surface area contributed by atoms with Gasteiger partial charge in [-0.15, -0.1) is 22.7 Å². The Morgan fingerprint density at radius 2 is 2.03 bits per heavy atom. The highest BCUT2D eigenvalue weighted by Crippen LogP contribution is 2.26. The van der Waals surface area contributed by atoms with Crippen LogP contribution < -0.4 is 5.32 Å². The maximum absolute atomic E-state index is 12.4. The minimum atomic E-state index is -0.257. The zero-order valence-electron chi connectivity index (χ0n) is 15.1. The van der Waals surface area contributed by atoms with E-state index in [0.29, 0.717) is 17.1 Å². The number of amides is 1. The van der Waals surface area contributed by atoms with Crippen molar-refractivity contribution in [3.05, 3.63) is 81.0 Å². The number of carbonyl (C=O) groups excluding carboxylic acids is 2. The molecule has 2 heterocycles. The first-order chi connectivity index (χ1) is 14.1. The first kappa shape index (κ1) is 18.9. The summed E-state index contributed by atoms with van der Waals surface area (Å²) in [6.45, 7) is 7.07. The van der Waals surface area contributed by atoms with Crippen molar-refractivity contribution < 1.29 is 9.59 Å². The lowest BCUT2D eigenvalue weighted by Gasteiger charge is -2.02. The molecule has 1 N–H and O–H groups in total. The first-order valence-electron chi connectivity index (χ1n) is 8.68. The molecule has 0 aliphatic rings. The first-order valence-corrected chi connectivity index (χ1v) is 10.4. The van der Waals surface area contributed by atoms with Gasteiger partial charge in [-0.2, -0.15) is 0 Å². The molecule has 0 saturated carbocycles. The second-order valence-electron chi connectivity index (χ2n) is 6.29. The van der Waals surface area contributed by atoms with Crippen molar-refractivity contribution in [1.29, 1.82) is 0 Å². The molecule has 2 aromatic carbocycles. The summed E-state index contributed by atoms with van der Waals surface area (Å²) in [5.74, 6) is -0.213. The number of hydrogen-bond acceptors (Lipinski definition) is 6. The molecule has 0 aliphatic heterocycles. The summed E-state index contributed by atoms with van der Waals surface area (Å²) in [4.78, 5) is 36.5. The molecular weight excluding hydrogens is 404 g/mol. The van der Waals surface area contributed by atoms with Crippen LogP contribution in [0.25, 0.3) is 15.1 Å². The number of anilines is 1. The van der Waals surface area contributed by atoms with Gasteiger partial charge in [-0.1, -0.05) is 29.8 Å². The Balaban J connectivity index is 1.45. The van der Waals surface area contributed by atoms with Gasteiger partial charge in [-0.05, 0) is 18.2 Å². The average molecular weight is 419 g/mol. The van der Waals surface area contributed by atoms with Crippen LogP contribution in [0.15, 0.2) is 53.4 Å². The summed E-state index contributed by atoms with van der Waals surface area (Å²) in [6, 6.07) is 12.6. The van der Waals surface area contributed by atoms with E-state index in [1.165, 1.54) is 22.7 Å². The Labute approximate surface area is 174 Å². The quantitative estimate of drug-likeness (QED) is 0.452. The normalized spacial score (nSPS) is 10.6. The highest BCUT2D eigenvalue weighted by Gasteiger charge is 2.12. The Kier molecular flexibility index (Phi) is 5.42. The number of carbonyl (C=O) groups is 2. The maximum Gasteiger partial charge on any atom is 0.275 e. The number of ketones is 1. The minimum Gasteiger partial charge on any atom is -0.321 e. The van der Waals surface area contributed by atoms with E-state index in [-0.39, 0.29) is 24.5 Å². The zero-order valence-corrected chi connectivity index (χ0v) is 16.7. The van der Waals surface area contributed by atoms with Gasteiger partial charge in [0.15, 0.2) is 5.69 Å². The van der Waals surface area contributed by atoms with E-state index >= 15 is 0 Å². The molecule has 2 aromatic heterocycles. The fourth-order valence-electron chi connectivity index (χ4n) is 2.84. The number of nitrogens with one attached hydrogen (secondary N) is 1. The van der Waals surface area contributed by atoms with Gasteiger partial charge in [0.2, 0.25) is 0 Å². The molecule has 0 fully saturated rings. The summed E-state index contributed by atoms with van der Waals surface area (Å²) in [5.41, 5.74) is 4.81. The number of aromatic nitrogens is 2. The lowest BCUT2D eigenvalue weighted by molar-refractivity contribution is -0.117. The summed E-state index contributed by atoms with van der Waals surface area (Å²) >= 11 is 2.80. The standard InChI is InChI=1S/C21H14N4O2S2/c1-22-14-4-2-3-13(7-14)8-16(26)10-20-25-17-6-5-15(9-19(17)29-20)24-21(27)18-11-28-12-23-18/h2-7,9,11-12H,8,10H2,(H,24,27). The van der Waals surface area contributed by atoms with Gasteiger partial charge in [0.05, 0.1) is 28.7 Å². The van der Waals surface area contributed by atoms with Gasteiger partial charge in [0.25, 0.3) is 5.91 Å². The smallest absolute Gasteiger partial charge is 0.275 e. The van der Waals surface area contributed by atoms with Crippen LogP contribution in [0.3, 0.4) is 0 Å². The van der Waals surface area contributed by atoms with Crippen molar-refractivity contribution in [2.75, 3.05) is 5.32 Å². The minimum absolute atomic E-state index is 0.0447. The highest BCUT2D eigenvalue weighted by molar-refractivity contribution is 7.18. The van der Waals surface area contributed by atoms with Crippen molar-refractivity contribution in [1.82, 2.24) is 9.97 Å². The van der Waals surface area contributed by atoms with Gasteiger partial charge in [-0.25, -0.2) is 14.8 Å². The molecule has 29 heavy (non-hydrogen) atoms. The monoisotopic (exact) mass is 418 g/mol. The molecule has 0 radical (unpaired) electrons. The summed E-state index contributed by atoms with van der Waals surface area (Å²) in [5, 5.41) is 5.25. The van der Waals surface area contributed by atoms with Crippen LogP contribution in [0.5, 0.6) is 0 Å². The number of hydrogen-bond donors (Lipinski definition) is 1. The predicted octanol–water partition coefficient (Wildman–Crippen LogP) is 4.91. The van der Waals surface area contributed by atoms with Crippen LogP contribution in [0.4, 0.5) is 11.4 Å². The Bertz CT molecular complexity index is 1240. The number of fused-ring (bicyclic) bond motifs is 1. The number of Topliss-reactive ketones (excluding diaryl/α,β-unsaturated/α-hetero) is 1. The third-order valence-electron chi connectivity index (χ3n) is 4.14. The predicted molar refractivity (Wildman–Crippen MR) is 115 cm³/mol. The number of benzene rings is 2. The van der Waals surface area contributed by atoms with Crippen LogP contribution in [-0.4, -0.2) is 21.7 Å². The molecule has 0 bridgehead atoms. The molecule has 8 heteroatoms. The lowest BCUT2D eigenvalue weighted by atomic mass is 10.1. The van der Waals surface area contributed by atoms with Gasteiger partial charge in [0.1, 0.15) is 16.5 Å². The molecule has 0 aliphatic carbocycles. The number of thiazole rings is 2. The van der Waals surface area contributed by atoms with Gasteiger partial charge >= 0.3 is 0 Å². The van der Waals surface area contributed by atoms with E-state index in [0.717, 1.165) is 20.8 Å². The van der Waals surface area contributed by atoms with Crippen LogP contribution in [0.2, 0.25) is 0 Å². The van der Waals surface area contributed by atoms with Gasteiger partial charge in [-0.3, -0.25) is 9.59 Å². The van der Waals surface area contributed by atoms with E-state index < -0.39 is 0 Å². The molecule has 0 spiro atoms. The van der Waals surface area contributed by atoms with Crippen molar-refractivity contribution in [3.8, 4) is 0 Å². The van der Waals surface area contributed by atoms with Crippen LogP contribution in [-0.2, 0) is 17.6 Å². The summed E-state index contributed by atoms with van der Waals surface area (Å²) in [7, 11) is 0. The molecular formula is C21H14N4O2S2. The summed E-state index contributed by atoms with van der Waals surface area (Å²) < 4.78 is 0.902. The Morgan fingerprint density at radius 3 is 2.83 bits per heavy atom. The molecule has 4 rings (SSSR count). The SMILES string of the molecule is [C-]#[N+]c1cccc(CC(=O)Cc2nc3ccc(NC(=O)c4cscn4)cc3s2)c1. The molecule has 0 atom stereocenters. The molecule has 0 unspecified atom stereocenters. The largest absolute Gasteiger partial charge is 0.321 e. The Hall–Kier alpha value is -3.41. The average Bonchev–Trinajstić information content (AvgIpc) is 3.37. The third-order valence-corrected chi connectivity index (χ3v) is 5.75. The Morgan fingerprint density at radius 1 is 1.14 bits per heavy atom.